The van der Waals surface area contributed by atoms with Crippen LogP contribution in [0.4, 0.5) is 13.2 Å². The van der Waals surface area contributed by atoms with Crippen LogP contribution in [0.25, 0.3) is 0 Å². The van der Waals surface area contributed by atoms with Crippen LogP contribution >= 0.6 is 0 Å². The van der Waals surface area contributed by atoms with Gasteiger partial charge in [0.15, 0.2) is 0 Å². The molecular formula is C13H16F3NO. The van der Waals surface area contributed by atoms with E-state index in [9.17, 15) is 13.2 Å². The normalized spacial score (nSPS) is 24.9. The summed E-state index contributed by atoms with van der Waals surface area (Å²) < 4.78 is 43.0. The summed E-state index contributed by atoms with van der Waals surface area (Å²) >= 11 is 0. The van der Waals surface area contributed by atoms with E-state index in [0.29, 0.717) is 12.3 Å². The molecule has 2 rings (SSSR count). The summed E-state index contributed by atoms with van der Waals surface area (Å²) in [7, 11) is 0. The zero-order valence-corrected chi connectivity index (χ0v) is 10.2. The Bertz CT molecular complexity index is 394. The third kappa shape index (κ3) is 3.16. The summed E-state index contributed by atoms with van der Waals surface area (Å²) in [6, 6.07) is 4.86. The van der Waals surface area contributed by atoms with E-state index >= 15 is 0 Å². The van der Waals surface area contributed by atoms with Crippen LogP contribution in [0.1, 0.15) is 25.3 Å². The predicted molar refractivity (Wildman–Crippen MR) is 62.6 cm³/mol. The highest BCUT2D eigenvalue weighted by molar-refractivity contribution is 5.29. The molecule has 0 bridgehead atoms. The lowest BCUT2D eigenvalue weighted by molar-refractivity contribution is -0.137. The highest BCUT2D eigenvalue weighted by Gasteiger charge is 2.31. The van der Waals surface area contributed by atoms with Gasteiger partial charge in [0.05, 0.1) is 5.56 Å². The number of piperidine rings is 1. The number of halogens is 3. The van der Waals surface area contributed by atoms with E-state index < -0.39 is 11.7 Å². The second kappa shape index (κ2) is 4.80. The fourth-order valence-electron chi connectivity index (χ4n) is 2.11. The smallest absolute Gasteiger partial charge is 0.416 e. The lowest BCUT2D eigenvalue weighted by Crippen LogP contribution is -2.47. The molecule has 0 aromatic heterocycles. The largest absolute Gasteiger partial charge is 0.486 e. The molecule has 1 N–H and O–H groups in total. The molecule has 0 spiro atoms. The SMILES string of the molecule is CC1(Oc2ccc(C(F)(F)F)cc2)CCCNC1. The maximum Gasteiger partial charge on any atom is 0.416 e. The van der Waals surface area contributed by atoms with Crippen molar-refractivity contribution in [2.75, 3.05) is 13.1 Å². The van der Waals surface area contributed by atoms with Gasteiger partial charge in [0.1, 0.15) is 11.4 Å². The van der Waals surface area contributed by atoms with Crippen molar-refractivity contribution in [3.63, 3.8) is 0 Å². The van der Waals surface area contributed by atoms with Crippen molar-refractivity contribution in [2.45, 2.75) is 31.5 Å². The number of hydrogen-bond acceptors (Lipinski definition) is 2. The van der Waals surface area contributed by atoms with Crippen LogP contribution in [-0.4, -0.2) is 18.7 Å². The lowest BCUT2D eigenvalue weighted by Gasteiger charge is -2.34. The van der Waals surface area contributed by atoms with Gasteiger partial charge in [-0.3, -0.25) is 0 Å². The molecule has 2 nitrogen and oxygen atoms in total. The first-order valence-corrected chi connectivity index (χ1v) is 5.96. The molecule has 1 aliphatic heterocycles. The van der Waals surface area contributed by atoms with Crippen molar-refractivity contribution in [1.82, 2.24) is 5.32 Å². The van der Waals surface area contributed by atoms with Crippen LogP contribution in [0, 0.1) is 0 Å². The average molecular weight is 259 g/mol. The molecule has 1 unspecified atom stereocenters. The summed E-state index contributed by atoms with van der Waals surface area (Å²) in [6.45, 7) is 3.65. The van der Waals surface area contributed by atoms with Gasteiger partial charge in [-0.1, -0.05) is 0 Å². The number of hydrogen-bond donors (Lipinski definition) is 1. The second-order valence-electron chi connectivity index (χ2n) is 4.85. The fourth-order valence-corrected chi connectivity index (χ4v) is 2.11. The fraction of sp³-hybridized carbons (Fsp3) is 0.538. The van der Waals surface area contributed by atoms with Crippen molar-refractivity contribution >= 4 is 0 Å². The Morgan fingerprint density at radius 2 is 1.89 bits per heavy atom. The number of alkyl halides is 3. The minimum Gasteiger partial charge on any atom is -0.486 e. The number of nitrogens with one attached hydrogen (secondary N) is 1. The summed E-state index contributed by atoms with van der Waals surface area (Å²) in [5.41, 5.74) is -0.986. The molecule has 0 radical (unpaired) electrons. The van der Waals surface area contributed by atoms with Crippen LogP contribution < -0.4 is 10.1 Å². The van der Waals surface area contributed by atoms with Crippen molar-refractivity contribution in [3.05, 3.63) is 29.8 Å². The number of rotatable bonds is 2. The van der Waals surface area contributed by atoms with Crippen LogP contribution in [0.2, 0.25) is 0 Å². The van der Waals surface area contributed by atoms with Gasteiger partial charge in [0.2, 0.25) is 0 Å². The summed E-state index contributed by atoms with van der Waals surface area (Å²) in [5.74, 6) is 0.481. The van der Waals surface area contributed by atoms with Gasteiger partial charge in [-0.25, -0.2) is 0 Å². The summed E-state index contributed by atoms with van der Waals surface area (Å²) in [4.78, 5) is 0. The molecule has 18 heavy (non-hydrogen) atoms. The maximum absolute atomic E-state index is 12.4. The van der Waals surface area contributed by atoms with E-state index in [1.807, 2.05) is 6.92 Å². The topological polar surface area (TPSA) is 21.3 Å². The van der Waals surface area contributed by atoms with Gasteiger partial charge < -0.3 is 10.1 Å². The van der Waals surface area contributed by atoms with Crippen LogP contribution in [0.15, 0.2) is 24.3 Å². The van der Waals surface area contributed by atoms with E-state index in [2.05, 4.69) is 5.32 Å². The molecule has 1 aromatic carbocycles. The van der Waals surface area contributed by atoms with E-state index in [0.717, 1.165) is 31.5 Å². The molecule has 1 saturated heterocycles. The Morgan fingerprint density at radius 3 is 2.39 bits per heavy atom. The van der Waals surface area contributed by atoms with E-state index in [1.165, 1.54) is 12.1 Å². The highest BCUT2D eigenvalue weighted by Crippen LogP contribution is 2.31. The van der Waals surface area contributed by atoms with Gasteiger partial charge in [-0.15, -0.1) is 0 Å². The molecule has 1 aromatic rings. The molecule has 100 valence electrons. The van der Waals surface area contributed by atoms with Gasteiger partial charge in [0.25, 0.3) is 0 Å². The molecule has 1 atom stereocenters. The first-order chi connectivity index (χ1) is 8.39. The second-order valence-corrected chi connectivity index (χ2v) is 4.85. The maximum atomic E-state index is 12.4. The minimum atomic E-state index is -4.30. The summed E-state index contributed by atoms with van der Waals surface area (Å²) in [5, 5.41) is 3.23. The number of benzene rings is 1. The Morgan fingerprint density at radius 1 is 1.22 bits per heavy atom. The third-order valence-corrected chi connectivity index (χ3v) is 3.10. The highest BCUT2D eigenvalue weighted by atomic mass is 19.4. The lowest BCUT2D eigenvalue weighted by atomic mass is 9.96. The first-order valence-electron chi connectivity index (χ1n) is 5.96. The van der Waals surface area contributed by atoms with E-state index in [-0.39, 0.29) is 5.60 Å². The molecule has 0 amide bonds. The molecule has 0 aliphatic carbocycles. The quantitative estimate of drug-likeness (QED) is 0.880. The predicted octanol–water partition coefficient (Wildman–Crippen LogP) is 3.23. The van der Waals surface area contributed by atoms with Gasteiger partial charge in [0, 0.05) is 6.54 Å². The van der Waals surface area contributed by atoms with Crippen LogP contribution in [-0.2, 0) is 6.18 Å². The van der Waals surface area contributed by atoms with Crippen LogP contribution in [0.3, 0.4) is 0 Å². The minimum absolute atomic E-state index is 0.335. The molecule has 0 saturated carbocycles. The first kappa shape index (κ1) is 13.2. The molecule has 1 fully saturated rings. The van der Waals surface area contributed by atoms with E-state index in [4.69, 9.17) is 4.74 Å². The molecule has 1 heterocycles. The Balaban J connectivity index is 2.06. The van der Waals surface area contributed by atoms with Gasteiger partial charge in [-0.05, 0) is 50.6 Å². The Hall–Kier alpha value is -1.23. The molecule has 5 heteroatoms. The standard InChI is InChI=1S/C13H16F3NO/c1-12(7-2-8-17-9-12)18-11-5-3-10(4-6-11)13(14,15)16/h3-6,17H,2,7-9H2,1H3. The Kier molecular flexibility index (Phi) is 3.52. The zero-order chi connectivity index (χ0) is 13.2. The monoisotopic (exact) mass is 259 g/mol. The zero-order valence-electron chi connectivity index (χ0n) is 10.2. The van der Waals surface area contributed by atoms with Gasteiger partial charge >= 0.3 is 6.18 Å². The van der Waals surface area contributed by atoms with Crippen molar-refractivity contribution < 1.29 is 17.9 Å². The Labute approximate surface area is 104 Å². The molecule has 1 aliphatic rings. The van der Waals surface area contributed by atoms with E-state index in [1.54, 1.807) is 0 Å². The number of ether oxygens (including phenoxy) is 1. The van der Waals surface area contributed by atoms with Crippen molar-refractivity contribution in [2.24, 2.45) is 0 Å². The molecular weight excluding hydrogens is 243 g/mol. The van der Waals surface area contributed by atoms with Gasteiger partial charge in [-0.2, -0.15) is 13.2 Å². The van der Waals surface area contributed by atoms with Crippen LogP contribution in [0.5, 0.6) is 5.75 Å². The van der Waals surface area contributed by atoms with Crippen molar-refractivity contribution in [3.8, 4) is 5.75 Å². The summed E-state index contributed by atoms with van der Waals surface area (Å²) in [6.07, 6.45) is -2.38. The average Bonchev–Trinajstić information content (AvgIpc) is 2.29. The third-order valence-electron chi connectivity index (χ3n) is 3.10. The van der Waals surface area contributed by atoms with Crippen molar-refractivity contribution in [1.29, 1.82) is 0 Å².